The molecule has 25 heavy (non-hydrogen) atoms. The van der Waals surface area contributed by atoms with Crippen molar-refractivity contribution >= 4 is 23.2 Å². The molecule has 1 atom stereocenters. The molecule has 6 heteroatoms. The van der Waals surface area contributed by atoms with Gasteiger partial charge in [-0.05, 0) is 37.0 Å². The number of hydrogen-bond acceptors (Lipinski definition) is 4. The van der Waals surface area contributed by atoms with Gasteiger partial charge >= 0.3 is 5.97 Å². The van der Waals surface area contributed by atoms with Crippen molar-refractivity contribution in [3.8, 4) is 0 Å². The summed E-state index contributed by atoms with van der Waals surface area (Å²) in [7, 11) is 0. The van der Waals surface area contributed by atoms with Crippen LogP contribution in [0.25, 0.3) is 0 Å². The predicted molar refractivity (Wildman–Crippen MR) is 96.3 cm³/mol. The van der Waals surface area contributed by atoms with Gasteiger partial charge in [0.1, 0.15) is 4.88 Å². The second-order valence-electron chi connectivity index (χ2n) is 6.09. The minimum absolute atomic E-state index is 0.0682. The average molecular weight is 359 g/mol. The number of aromatic carboxylic acids is 1. The highest BCUT2D eigenvalue weighted by atomic mass is 32.1. The molecule has 1 aliphatic rings. The lowest BCUT2D eigenvalue weighted by Crippen LogP contribution is -2.29. The molecule has 0 radical (unpaired) electrons. The number of thiophene rings is 1. The second-order valence-corrected chi connectivity index (χ2v) is 7.17. The van der Waals surface area contributed by atoms with Gasteiger partial charge in [0.25, 0.3) is 5.91 Å². The summed E-state index contributed by atoms with van der Waals surface area (Å²) >= 11 is 1.02. The van der Waals surface area contributed by atoms with Gasteiger partial charge in [0, 0.05) is 19.7 Å². The molecule has 5 nitrogen and oxygen atoms in total. The highest BCUT2D eigenvalue weighted by Crippen LogP contribution is 2.22. The molecule has 0 unspecified atom stereocenters. The lowest BCUT2D eigenvalue weighted by molar-refractivity contribution is 0.0526. The number of hydrogen-bond donors (Lipinski definition) is 1. The molecule has 1 N–H and O–H groups in total. The first-order valence-corrected chi connectivity index (χ1v) is 9.23. The van der Waals surface area contributed by atoms with Gasteiger partial charge in [0.05, 0.1) is 11.0 Å². The summed E-state index contributed by atoms with van der Waals surface area (Å²) in [4.78, 5) is 25.8. The number of carboxylic acids is 1. The summed E-state index contributed by atoms with van der Waals surface area (Å²) in [5, 5.41) is 8.96. The molecule has 1 fully saturated rings. The van der Waals surface area contributed by atoms with Crippen LogP contribution in [0.4, 0.5) is 0 Å². The molecule has 1 aromatic carbocycles. The van der Waals surface area contributed by atoms with Crippen LogP contribution >= 0.6 is 11.3 Å². The summed E-state index contributed by atoms with van der Waals surface area (Å²) in [6.45, 7) is 1.91. The lowest BCUT2D eigenvalue weighted by Gasteiger charge is -2.16. The summed E-state index contributed by atoms with van der Waals surface area (Å²) < 4.78 is 5.90. The number of amides is 1. The van der Waals surface area contributed by atoms with E-state index in [0.717, 1.165) is 30.6 Å². The third kappa shape index (κ3) is 4.67. The average Bonchev–Trinajstić information content (AvgIpc) is 3.29. The van der Waals surface area contributed by atoms with Crippen LogP contribution in [-0.2, 0) is 11.2 Å². The minimum atomic E-state index is -0.995. The summed E-state index contributed by atoms with van der Waals surface area (Å²) in [5.74, 6) is -1.10. The highest BCUT2D eigenvalue weighted by molar-refractivity contribution is 7.15. The number of likely N-dealkylation sites (tertiary alicyclic amines) is 1. The van der Waals surface area contributed by atoms with Crippen molar-refractivity contribution in [3.05, 3.63) is 57.8 Å². The Balaban J connectivity index is 1.42. The Labute approximate surface area is 150 Å². The van der Waals surface area contributed by atoms with Crippen LogP contribution in [0.15, 0.2) is 42.5 Å². The molecule has 0 spiro atoms. The molecule has 1 aromatic heterocycles. The van der Waals surface area contributed by atoms with E-state index in [1.165, 1.54) is 11.6 Å². The monoisotopic (exact) mass is 359 g/mol. The van der Waals surface area contributed by atoms with Gasteiger partial charge in [-0.15, -0.1) is 11.3 Å². The Morgan fingerprint density at radius 1 is 1.16 bits per heavy atom. The Kier molecular flexibility index (Phi) is 5.83. The first kappa shape index (κ1) is 17.6. The van der Waals surface area contributed by atoms with E-state index in [9.17, 15) is 9.59 Å². The van der Waals surface area contributed by atoms with Crippen LogP contribution in [-0.4, -0.2) is 47.7 Å². The Bertz CT molecular complexity index is 728. The number of carbonyl (C=O) groups is 2. The van der Waals surface area contributed by atoms with Gasteiger partial charge in [0.15, 0.2) is 0 Å². The molecule has 1 aliphatic heterocycles. The van der Waals surface area contributed by atoms with E-state index in [4.69, 9.17) is 9.84 Å². The number of ether oxygens (including phenoxy) is 1. The zero-order valence-corrected chi connectivity index (χ0v) is 14.7. The molecule has 0 bridgehead atoms. The van der Waals surface area contributed by atoms with Gasteiger partial charge in [-0.25, -0.2) is 4.79 Å². The van der Waals surface area contributed by atoms with Gasteiger partial charge in [-0.2, -0.15) is 0 Å². The maximum atomic E-state index is 12.4. The van der Waals surface area contributed by atoms with E-state index < -0.39 is 5.97 Å². The molecule has 132 valence electrons. The topological polar surface area (TPSA) is 66.8 Å². The maximum absolute atomic E-state index is 12.4. The molecular weight excluding hydrogens is 338 g/mol. The highest BCUT2D eigenvalue weighted by Gasteiger charge is 2.28. The standard InChI is InChI=1S/C19H21NO4S/c21-18(16-8-9-17(25-16)19(22)23)20-11-10-15(13-20)24-12-4-7-14-5-2-1-3-6-14/h1-3,5-6,8-9,15H,4,7,10-13H2,(H,22,23)/t15-/m1/s1. The van der Waals surface area contributed by atoms with E-state index >= 15 is 0 Å². The minimum Gasteiger partial charge on any atom is -0.477 e. The number of benzene rings is 1. The van der Waals surface area contributed by atoms with Crippen molar-refractivity contribution in [2.45, 2.75) is 25.4 Å². The first-order chi connectivity index (χ1) is 12.1. The summed E-state index contributed by atoms with van der Waals surface area (Å²) in [5.41, 5.74) is 1.31. The molecule has 2 aromatic rings. The summed E-state index contributed by atoms with van der Waals surface area (Å²) in [6, 6.07) is 13.4. The fourth-order valence-electron chi connectivity index (χ4n) is 2.94. The van der Waals surface area contributed by atoms with E-state index in [0.29, 0.717) is 24.6 Å². The van der Waals surface area contributed by atoms with Crippen LogP contribution in [0.3, 0.4) is 0 Å². The van der Waals surface area contributed by atoms with E-state index in [1.54, 1.807) is 11.0 Å². The maximum Gasteiger partial charge on any atom is 0.345 e. The van der Waals surface area contributed by atoms with Crippen molar-refractivity contribution in [1.82, 2.24) is 4.90 Å². The Morgan fingerprint density at radius 3 is 2.64 bits per heavy atom. The van der Waals surface area contributed by atoms with Gasteiger partial charge in [-0.1, -0.05) is 30.3 Å². The molecule has 3 rings (SSSR count). The third-order valence-electron chi connectivity index (χ3n) is 4.27. The lowest BCUT2D eigenvalue weighted by atomic mass is 10.1. The fourth-order valence-corrected chi connectivity index (χ4v) is 3.76. The smallest absolute Gasteiger partial charge is 0.345 e. The quantitative estimate of drug-likeness (QED) is 0.770. The van der Waals surface area contributed by atoms with Crippen LogP contribution < -0.4 is 0 Å². The second kappa shape index (κ2) is 8.27. The number of aryl methyl sites for hydroxylation is 1. The van der Waals surface area contributed by atoms with Crippen molar-refractivity contribution in [2.24, 2.45) is 0 Å². The van der Waals surface area contributed by atoms with Crippen molar-refractivity contribution in [1.29, 1.82) is 0 Å². The number of rotatable bonds is 7. The normalized spacial score (nSPS) is 17.0. The van der Waals surface area contributed by atoms with Crippen molar-refractivity contribution in [3.63, 3.8) is 0 Å². The molecule has 0 aliphatic carbocycles. The van der Waals surface area contributed by atoms with Crippen LogP contribution in [0.5, 0.6) is 0 Å². The molecule has 0 saturated carbocycles. The number of carboxylic acid groups (broad SMARTS) is 1. The number of carbonyl (C=O) groups excluding carboxylic acids is 1. The summed E-state index contributed by atoms with van der Waals surface area (Å²) in [6.07, 6.45) is 2.84. The van der Waals surface area contributed by atoms with Crippen molar-refractivity contribution in [2.75, 3.05) is 19.7 Å². The van der Waals surface area contributed by atoms with Crippen LogP contribution in [0.2, 0.25) is 0 Å². The SMILES string of the molecule is O=C(O)c1ccc(C(=O)N2CC[C@@H](OCCCc3ccccc3)C2)s1. The van der Waals surface area contributed by atoms with Crippen LogP contribution in [0.1, 0.15) is 37.7 Å². The zero-order valence-electron chi connectivity index (χ0n) is 13.9. The van der Waals surface area contributed by atoms with E-state index in [-0.39, 0.29) is 16.9 Å². The predicted octanol–water partition coefficient (Wildman–Crippen LogP) is 3.31. The Hall–Kier alpha value is -2.18. The van der Waals surface area contributed by atoms with Crippen molar-refractivity contribution < 1.29 is 19.4 Å². The molecular formula is C19H21NO4S. The zero-order chi connectivity index (χ0) is 17.6. The van der Waals surface area contributed by atoms with E-state index in [1.807, 2.05) is 18.2 Å². The Morgan fingerprint density at radius 2 is 1.92 bits per heavy atom. The van der Waals surface area contributed by atoms with Gasteiger partial charge in [-0.3, -0.25) is 4.79 Å². The fraction of sp³-hybridized carbons (Fsp3) is 0.368. The van der Waals surface area contributed by atoms with E-state index in [2.05, 4.69) is 12.1 Å². The van der Waals surface area contributed by atoms with Gasteiger partial charge < -0.3 is 14.7 Å². The first-order valence-electron chi connectivity index (χ1n) is 8.41. The molecule has 1 saturated heterocycles. The third-order valence-corrected chi connectivity index (χ3v) is 5.33. The van der Waals surface area contributed by atoms with Gasteiger partial charge in [0.2, 0.25) is 0 Å². The number of nitrogens with zero attached hydrogens (tertiary/aromatic N) is 1. The van der Waals surface area contributed by atoms with Crippen LogP contribution in [0, 0.1) is 0 Å². The molecule has 1 amide bonds. The molecule has 2 heterocycles. The largest absolute Gasteiger partial charge is 0.477 e.